The first kappa shape index (κ1) is 19.7. The molecule has 10 heteroatoms. The van der Waals surface area contributed by atoms with Crippen LogP contribution in [0.3, 0.4) is 0 Å². The number of halogens is 3. The van der Waals surface area contributed by atoms with Crippen LogP contribution in [-0.2, 0) is 6.54 Å². The highest BCUT2D eigenvalue weighted by atomic mass is 19.4. The van der Waals surface area contributed by atoms with E-state index in [1.807, 2.05) is 13.0 Å². The third kappa shape index (κ3) is 5.73. The minimum absolute atomic E-state index is 0.129. The number of aromatic nitrogens is 2. The Morgan fingerprint density at radius 3 is 2.50 bits per heavy atom. The molecular weight excluding hydrogens is 375 g/mol. The van der Waals surface area contributed by atoms with Gasteiger partial charge in [0.05, 0.1) is 6.54 Å². The number of hydrogen-bond acceptors (Lipinski definition) is 5. The van der Waals surface area contributed by atoms with Gasteiger partial charge in [0, 0.05) is 30.5 Å². The summed E-state index contributed by atoms with van der Waals surface area (Å²) in [5.74, 6) is 0.981. The molecule has 2 aromatic rings. The van der Waals surface area contributed by atoms with Crippen molar-refractivity contribution >= 4 is 17.5 Å². The smallest absolute Gasteiger partial charge is 0.406 e. The summed E-state index contributed by atoms with van der Waals surface area (Å²) in [6.45, 7) is 3.91. The van der Waals surface area contributed by atoms with E-state index in [0.717, 1.165) is 49.6 Å². The molecule has 0 spiro atoms. The molecule has 1 aromatic heterocycles. The van der Waals surface area contributed by atoms with Gasteiger partial charge in [0.25, 0.3) is 0 Å². The maximum absolute atomic E-state index is 12.2. The summed E-state index contributed by atoms with van der Waals surface area (Å²) in [6, 6.07) is 6.27. The first-order chi connectivity index (χ1) is 13.3. The van der Waals surface area contributed by atoms with E-state index in [9.17, 15) is 18.0 Å². The van der Waals surface area contributed by atoms with Gasteiger partial charge in [-0.3, -0.25) is 0 Å². The van der Waals surface area contributed by atoms with Gasteiger partial charge in [-0.1, -0.05) is 0 Å². The predicted octanol–water partition coefficient (Wildman–Crippen LogP) is 3.61. The number of rotatable bonds is 5. The number of carbonyl (C=O) groups excluding carboxylic acids is 1. The molecule has 0 radical (unpaired) electrons. The second kappa shape index (κ2) is 8.32. The Morgan fingerprint density at radius 2 is 1.86 bits per heavy atom. The van der Waals surface area contributed by atoms with E-state index in [4.69, 9.17) is 0 Å². The Bertz CT molecular complexity index is 821. The van der Waals surface area contributed by atoms with Crippen molar-refractivity contribution < 1.29 is 22.7 Å². The molecule has 2 amide bonds. The maximum Gasteiger partial charge on any atom is 0.573 e. The molecule has 28 heavy (non-hydrogen) atoms. The van der Waals surface area contributed by atoms with Gasteiger partial charge < -0.3 is 20.3 Å². The summed E-state index contributed by atoms with van der Waals surface area (Å²) in [5.41, 5.74) is 1.14. The molecule has 0 aliphatic carbocycles. The van der Waals surface area contributed by atoms with Crippen LogP contribution in [0.15, 0.2) is 30.3 Å². The Balaban J connectivity index is 1.54. The molecule has 0 atom stereocenters. The molecule has 0 saturated carbocycles. The SMILES string of the molecule is Cc1cc(N2CCCC2)nc(CNC(=O)Nc2ccc(OC(F)(F)F)cc2)n1. The average Bonchev–Trinajstić information content (AvgIpc) is 3.15. The molecule has 7 nitrogen and oxygen atoms in total. The minimum atomic E-state index is -4.76. The van der Waals surface area contributed by atoms with Crippen LogP contribution in [0.1, 0.15) is 24.4 Å². The fourth-order valence-corrected chi connectivity index (χ4v) is 2.87. The van der Waals surface area contributed by atoms with Crippen LogP contribution in [0.5, 0.6) is 5.75 Å². The molecule has 2 N–H and O–H groups in total. The number of hydrogen-bond donors (Lipinski definition) is 2. The standard InChI is InChI=1S/C18H20F3N5O2/c1-12-10-16(26-8-2-3-9-26)25-15(23-12)11-22-17(27)24-13-4-6-14(7-5-13)28-18(19,20)21/h4-7,10H,2-3,8-9,11H2,1H3,(H2,22,24,27). The van der Waals surface area contributed by atoms with E-state index < -0.39 is 12.4 Å². The molecule has 1 aliphatic heterocycles. The lowest BCUT2D eigenvalue weighted by Gasteiger charge is -2.17. The molecule has 1 saturated heterocycles. The number of aryl methyl sites for hydroxylation is 1. The Morgan fingerprint density at radius 1 is 1.18 bits per heavy atom. The lowest BCUT2D eigenvalue weighted by Crippen LogP contribution is -2.29. The van der Waals surface area contributed by atoms with Crippen molar-refractivity contribution in [1.82, 2.24) is 15.3 Å². The second-order valence-corrected chi connectivity index (χ2v) is 6.36. The molecule has 1 aliphatic rings. The van der Waals surface area contributed by atoms with E-state index in [-0.39, 0.29) is 12.3 Å². The number of nitrogens with one attached hydrogen (secondary N) is 2. The van der Waals surface area contributed by atoms with Crippen LogP contribution < -0.4 is 20.3 Å². The number of nitrogens with zero attached hydrogens (tertiary/aromatic N) is 3. The number of anilines is 2. The highest BCUT2D eigenvalue weighted by Gasteiger charge is 2.30. The van der Waals surface area contributed by atoms with Crippen molar-refractivity contribution in [1.29, 1.82) is 0 Å². The van der Waals surface area contributed by atoms with Gasteiger partial charge in [0.15, 0.2) is 0 Å². The van der Waals surface area contributed by atoms with E-state index in [0.29, 0.717) is 11.5 Å². The fourth-order valence-electron chi connectivity index (χ4n) is 2.87. The zero-order valence-electron chi connectivity index (χ0n) is 15.2. The first-order valence-corrected chi connectivity index (χ1v) is 8.79. The van der Waals surface area contributed by atoms with Crippen molar-refractivity contribution in [2.24, 2.45) is 0 Å². The lowest BCUT2D eigenvalue weighted by molar-refractivity contribution is -0.274. The van der Waals surface area contributed by atoms with Gasteiger partial charge in [-0.25, -0.2) is 14.8 Å². The van der Waals surface area contributed by atoms with Gasteiger partial charge in [0.1, 0.15) is 17.4 Å². The van der Waals surface area contributed by atoms with E-state index in [2.05, 4.69) is 30.2 Å². The van der Waals surface area contributed by atoms with Gasteiger partial charge >= 0.3 is 12.4 Å². The summed E-state index contributed by atoms with van der Waals surface area (Å²) in [4.78, 5) is 23.0. The van der Waals surface area contributed by atoms with Crippen molar-refractivity contribution in [3.8, 4) is 5.75 Å². The van der Waals surface area contributed by atoms with Gasteiger partial charge in [0.2, 0.25) is 0 Å². The van der Waals surface area contributed by atoms with Gasteiger partial charge in [-0.2, -0.15) is 0 Å². The van der Waals surface area contributed by atoms with Crippen LogP contribution in [0.2, 0.25) is 0 Å². The van der Waals surface area contributed by atoms with E-state index in [1.54, 1.807) is 0 Å². The number of benzene rings is 1. The first-order valence-electron chi connectivity index (χ1n) is 8.79. The van der Waals surface area contributed by atoms with Gasteiger partial charge in [-0.15, -0.1) is 13.2 Å². The second-order valence-electron chi connectivity index (χ2n) is 6.36. The molecular formula is C18H20F3N5O2. The number of carbonyl (C=O) groups is 1. The lowest BCUT2D eigenvalue weighted by atomic mass is 10.3. The number of alkyl halides is 3. The van der Waals surface area contributed by atoms with E-state index in [1.165, 1.54) is 12.1 Å². The number of amides is 2. The monoisotopic (exact) mass is 395 g/mol. The third-order valence-electron chi connectivity index (χ3n) is 4.07. The quantitative estimate of drug-likeness (QED) is 0.809. The van der Waals surface area contributed by atoms with E-state index >= 15 is 0 Å². The summed E-state index contributed by atoms with van der Waals surface area (Å²) in [5, 5.41) is 5.17. The minimum Gasteiger partial charge on any atom is -0.406 e. The largest absolute Gasteiger partial charge is 0.573 e. The average molecular weight is 395 g/mol. The number of urea groups is 1. The molecule has 1 aromatic carbocycles. The molecule has 0 unspecified atom stereocenters. The summed E-state index contributed by atoms with van der Waals surface area (Å²) in [6.07, 6.45) is -2.49. The Labute approximate surface area is 159 Å². The van der Waals surface area contributed by atoms with Crippen molar-refractivity contribution in [2.45, 2.75) is 32.7 Å². The Kier molecular flexibility index (Phi) is 5.86. The topological polar surface area (TPSA) is 79.4 Å². The zero-order chi connectivity index (χ0) is 20.1. The van der Waals surface area contributed by atoms with Crippen LogP contribution in [0.25, 0.3) is 0 Å². The molecule has 3 rings (SSSR count). The summed E-state index contributed by atoms with van der Waals surface area (Å²) < 4.78 is 40.2. The molecule has 0 bridgehead atoms. The van der Waals surface area contributed by atoms with Crippen molar-refractivity contribution in [2.75, 3.05) is 23.3 Å². The van der Waals surface area contributed by atoms with Crippen LogP contribution >= 0.6 is 0 Å². The van der Waals surface area contributed by atoms with Crippen LogP contribution in [0.4, 0.5) is 29.5 Å². The van der Waals surface area contributed by atoms with Crippen LogP contribution in [0, 0.1) is 6.92 Å². The summed E-state index contributed by atoms with van der Waals surface area (Å²) in [7, 11) is 0. The molecule has 150 valence electrons. The van der Waals surface area contributed by atoms with Crippen molar-refractivity contribution in [3.63, 3.8) is 0 Å². The normalized spacial score (nSPS) is 14.1. The van der Waals surface area contributed by atoms with Gasteiger partial charge in [-0.05, 0) is 44.0 Å². The zero-order valence-corrected chi connectivity index (χ0v) is 15.2. The molecule has 1 fully saturated rings. The Hall–Kier alpha value is -3.04. The maximum atomic E-state index is 12.2. The fraction of sp³-hybridized carbons (Fsp3) is 0.389. The highest BCUT2D eigenvalue weighted by Crippen LogP contribution is 2.24. The number of ether oxygens (including phenoxy) is 1. The third-order valence-corrected chi connectivity index (χ3v) is 4.07. The van der Waals surface area contributed by atoms with Crippen LogP contribution in [-0.4, -0.2) is 35.5 Å². The van der Waals surface area contributed by atoms with Crippen molar-refractivity contribution in [3.05, 3.63) is 41.9 Å². The predicted molar refractivity (Wildman–Crippen MR) is 97.2 cm³/mol. The highest BCUT2D eigenvalue weighted by molar-refractivity contribution is 5.89. The summed E-state index contributed by atoms with van der Waals surface area (Å²) >= 11 is 0. The molecule has 2 heterocycles.